The molecule has 1 N–H and O–H groups in total. The molecule has 0 atom stereocenters. The molecule has 6 heteroatoms. The first-order valence-electron chi connectivity index (χ1n) is 6.66. The lowest BCUT2D eigenvalue weighted by Gasteiger charge is -2.09. The van der Waals surface area contributed by atoms with E-state index in [1.54, 1.807) is 0 Å². The summed E-state index contributed by atoms with van der Waals surface area (Å²) < 4.78 is 0. The van der Waals surface area contributed by atoms with Crippen LogP contribution in [-0.4, -0.2) is 11.9 Å². The topological polar surface area (TPSA) is 93.0 Å². The summed E-state index contributed by atoms with van der Waals surface area (Å²) in [5.41, 5.74) is 1.66. The van der Waals surface area contributed by atoms with Crippen molar-refractivity contribution in [3.05, 3.63) is 16.0 Å². The van der Waals surface area contributed by atoms with Crippen LogP contribution in [0.5, 0.6) is 0 Å². The van der Waals surface area contributed by atoms with Gasteiger partial charge < -0.3 is 15.2 Å². The van der Waals surface area contributed by atoms with Crippen LogP contribution in [0.3, 0.4) is 0 Å². The molecule has 106 valence electrons. The molecule has 0 spiro atoms. The summed E-state index contributed by atoms with van der Waals surface area (Å²) in [4.78, 5) is 23.2. The summed E-state index contributed by atoms with van der Waals surface area (Å²) in [6, 6.07) is 2.17. The minimum absolute atomic E-state index is 0.126. The van der Waals surface area contributed by atoms with Gasteiger partial charge in [-0.05, 0) is 44.1 Å². The molecule has 5 nitrogen and oxygen atoms in total. The SMILES string of the molecule is N#Cc1c(NC(=O)CCCC(=O)[O-])sc2c1CCCC2. The van der Waals surface area contributed by atoms with Crippen molar-refractivity contribution in [2.24, 2.45) is 0 Å². The average molecular weight is 291 g/mol. The van der Waals surface area contributed by atoms with E-state index in [1.165, 1.54) is 16.2 Å². The molecule has 1 aromatic rings. The maximum atomic E-state index is 11.7. The van der Waals surface area contributed by atoms with Crippen molar-refractivity contribution in [3.63, 3.8) is 0 Å². The van der Waals surface area contributed by atoms with Crippen molar-refractivity contribution in [1.29, 1.82) is 5.26 Å². The number of aryl methyl sites for hydroxylation is 1. The Balaban J connectivity index is 2.02. The Morgan fingerprint density at radius 1 is 1.30 bits per heavy atom. The van der Waals surface area contributed by atoms with Crippen LogP contribution in [-0.2, 0) is 22.4 Å². The zero-order chi connectivity index (χ0) is 14.5. The lowest BCUT2D eigenvalue weighted by molar-refractivity contribution is -0.305. The molecule has 2 rings (SSSR count). The number of carboxylic acids is 1. The molecular formula is C14H15N2O3S-. The number of carbonyl (C=O) groups excluding carboxylic acids is 2. The first kappa shape index (κ1) is 14.5. The van der Waals surface area contributed by atoms with Gasteiger partial charge in [-0.15, -0.1) is 11.3 Å². The highest BCUT2D eigenvalue weighted by Gasteiger charge is 2.21. The first-order chi connectivity index (χ1) is 9.61. The second-order valence-corrected chi connectivity index (χ2v) is 5.91. The number of fused-ring (bicyclic) bond motifs is 1. The van der Waals surface area contributed by atoms with Crippen LogP contribution in [0, 0.1) is 11.3 Å². The number of carbonyl (C=O) groups is 2. The highest BCUT2D eigenvalue weighted by molar-refractivity contribution is 7.16. The minimum Gasteiger partial charge on any atom is -0.550 e. The normalized spacial score (nSPS) is 13.3. The van der Waals surface area contributed by atoms with Gasteiger partial charge in [-0.2, -0.15) is 5.26 Å². The van der Waals surface area contributed by atoms with Gasteiger partial charge in [0.2, 0.25) is 5.91 Å². The Morgan fingerprint density at radius 2 is 2.05 bits per heavy atom. The molecular weight excluding hydrogens is 276 g/mol. The van der Waals surface area contributed by atoms with Crippen molar-refractivity contribution in [3.8, 4) is 6.07 Å². The number of nitrogens with zero attached hydrogens (tertiary/aromatic N) is 1. The fourth-order valence-corrected chi connectivity index (χ4v) is 3.61. The fourth-order valence-electron chi connectivity index (χ4n) is 2.35. The minimum atomic E-state index is -1.15. The number of anilines is 1. The Morgan fingerprint density at radius 3 is 2.75 bits per heavy atom. The van der Waals surface area contributed by atoms with Gasteiger partial charge in [-0.3, -0.25) is 4.79 Å². The second-order valence-electron chi connectivity index (χ2n) is 4.80. The van der Waals surface area contributed by atoms with E-state index in [9.17, 15) is 20.0 Å². The van der Waals surface area contributed by atoms with Crippen LogP contribution in [0.4, 0.5) is 5.00 Å². The molecule has 0 unspecified atom stereocenters. The zero-order valence-electron chi connectivity index (χ0n) is 11.0. The maximum absolute atomic E-state index is 11.7. The molecule has 1 amide bonds. The third-order valence-electron chi connectivity index (χ3n) is 3.32. The Labute approximate surface area is 121 Å². The molecule has 1 aliphatic carbocycles. The average Bonchev–Trinajstić information content (AvgIpc) is 2.75. The summed E-state index contributed by atoms with van der Waals surface area (Å²) in [6.07, 6.45) is 4.32. The number of rotatable bonds is 5. The molecule has 0 saturated heterocycles. The van der Waals surface area contributed by atoms with Crippen LogP contribution in [0.25, 0.3) is 0 Å². The summed E-state index contributed by atoms with van der Waals surface area (Å²) in [5, 5.41) is 22.9. The first-order valence-corrected chi connectivity index (χ1v) is 7.47. The molecule has 1 aliphatic rings. The van der Waals surface area contributed by atoms with Crippen molar-refractivity contribution >= 4 is 28.2 Å². The number of amides is 1. The van der Waals surface area contributed by atoms with E-state index in [1.807, 2.05) is 0 Å². The van der Waals surface area contributed by atoms with E-state index >= 15 is 0 Å². The summed E-state index contributed by atoms with van der Waals surface area (Å²) in [5.74, 6) is -1.40. The molecule has 0 saturated carbocycles. The van der Waals surface area contributed by atoms with Gasteiger partial charge in [0.25, 0.3) is 0 Å². The van der Waals surface area contributed by atoms with Crippen molar-refractivity contribution in [2.75, 3.05) is 5.32 Å². The van der Waals surface area contributed by atoms with Crippen LogP contribution >= 0.6 is 11.3 Å². The Kier molecular flexibility index (Phi) is 4.74. The van der Waals surface area contributed by atoms with E-state index in [0.717, 1.165) is 31.2 Å². The van der Waals surface area contributed by atoms with Crippen LogP contribution in [0.2, 0.25) is 0 Å². The van der Waals surface area contributed by atoms with Crippen molar-refractivity contribution < 1.29 is 14.7 Å². The van der Waals surface area contributed by atoms with E-state index in [4.69, 9.17) is 0 Å². The number of carboxylic acid groups (broad SMARTS) is 1. The van der Waals surface area contributed by atoms with Crippen LogP contribution < -0.4 is 10.4 Å². The van der Waals surface area contributed by atoms with E-state index in [2.05, 4.69) is 11.4 Å². The third-order valence-corrected chi connectivity index (χ3v) is 4.53. The van der Waals surface area contributed by atoms with Crippen molar-refractivity contribution in [1.82, 2.24) is 0 Å². The van der Waals surface area contributed by atoms with Gasteiger partial charge in [0.05, 0.1) is 5.56 Å². The smallest absolute Gasteiger partial charge is 0.225 e. The fraction of sp³-hybridized carbons (Fsp3) is 0.500. The number of hydrogen-bond acceptors (Lipinski definition) is 5. The molecule has 0 radical (unpaired) electrons. The zero-order valence-corrected chi connectivity index (χ0v) is 11.8. The predicted molar refractivity (Wildman–Crippen MR) is 73.2 cm³/mol. The van der Waals surface area contributed by atoms with Gasteiger partial charge in [-0.25, -0.2) is 0 Å². The van der Waals surface area contributed by atoms with Crippen molar-refractivity contribution in [2.45, 2.75) is 44.9 Å². The van der Waals surface area contributed by atoms with Gasteiger partial charge in [0, 0.05) is 17.3 Å². The maximum Gasteiger partial charge on any atom is 0.225 e. The summed E-state index contributed by atoms with van der Waals surface area (Å²) >= 11 is 1.47. The number of aliphatic carboxylic acids is 1. The molecule has 0 bridgehead atoms. The summed E-state index contributed by atoms with van der Waals surface area (Å²) in [6.45, 7) is 0. The van der Waals surface area contributed by atoms with Gasteiger partial charge >= 0.3 is 0 Å². The van der Waals surface area contributed by atoms with Gasteiger partial charge in [0.1, 0.15) is 11.1 Å². The number of hydrogen-bond donors (Lipinski definition) is 1. The molecule has 1 aromatic heterocycles. The van der Waals surface area contributed by atoms with Crippen LogP contribution in [0.1, 0.15) is 48.1 Å². The standard InChI is InChI=1S/C14H16N2O3S/c15-8-10-9-4-1-2-5-11(9)20-14(10)16-12(17)6-3-7-13(18)19/h1-7H2,(H,16,17)(H,18,19)/p-1. The number of thiophene rings is 1. The third kappa shape index (κ3) is 3.36. The highest BCUT2D eigenvalue weighted by Crippen LogP contribution is 2.37. The number of nitrogens with one attached hydrogen (secondary N) is 1. The Bertz CT molecular complexity index is 572. The van der Waals surface area contributed by atoms with E-state index in [0.29, 0.717) is 10.6 Å². The van der Waals surface area contributed by atoms with Crippen LogP contribution in [0.15, 0.2) is 0 Å². The monoisotopic (exact) mass is 291 g/mol. The second kappa shape index (κ2) is 6.53. The lowest BCUT2D eigenvalue weighted by atomic mass is 9.96. The molecule has 0 fully saturated rings. The molecule has 0 aromatic carbocycles. The highest BCUT2D eigenvalue weighted by atomic mass is 32.1. The molecule has 1 heterocycles. The lowest BCUT2D eigenvalue weighted by Crippen LogP contribution is -2.22. The molecule has 0 aliphatic heterocycles. The van der Waals surface area contributed by atoms with Gasteiger partial charge in [0.15, 0.2) is 0 Å². The quantitative estimate of drug-likeness (QED) is 0.886. The Hall–Kier alpha value is -1.87. The largest absolute Gasteiger partial charge is 0.550 e. The predicted octanol–water partition coefficient (Wildman–Crippen LogP) is 1.36. The summed E-state index contributed by atoms with van der Waals surface area (Å²) in [7, 11) is 0. The van der Waals surface area contributed by atoms with E-state index in [-0.39, 0.29) is 25.2 Å². The number of nitriles is 1. The van der Waals surface area contributed by atoms with E-state index < -0.39 is 5.97 Å². The van der Waals surface area contributed by atoms with Gasteiger partial charge in [-0.1, -0.05) is 0 Å². The molecule has 20 heavy (non-hydrogen) atoms.